The summed E-state index contributed by atoms with van der Waals surface area (Å²) in [5.74, 6) is -2.71. The van der Waals surface area contributed by atoms with Crippen LogP contribution in [0.2, 0.25) is 5.02 Å². The van der Waals surface area contributed by atoms with Crippen LogP contribution in [0, 0.1) is 5.92 Å². The average molecular weight is 375 g/mol. The lowest BCUT2D eigenvalue weighted by Crippen LogP contribution is -2.31. The van der Waals surface area contributed by atoms with Gasteiger partial charge in [-0.2, -0.15) is 0 Å². The van der Waals surface area contributed by atoms with E-state index in [1.807, 2.05) is 0 Å². The van der Waals surface area contributed by atoms with Crippen molar-refractivity contribution in [2.45, 2.75) is 6.92 Å². The zero-order valence-electron chi connectivity index (χ0n) is 12.9. The number of sulfonamides is 1. The predicted molar refractivity (Wildman–Crippen MR) is 86.2 cm³/mol. The SMILES string of the molecule is COC(=O)CNC(=O)c1ccc(N2C(=O)C(C)CS2(=O)=O)cc1Cl. The number of ether oxygens (including phenoxy) is 1. The number of nitrogens with zero attached hydrogens (tertiary/aromatic N) is 1. The Morgan fingerprint density at radius 1 is 1.42 bits per heavy atom. The van der Waals surface area contributed by atoms with Crippen LogP contribution in [0.3, 0.4) is 0 Å². The smallest absolute Gasteiger partial charge is 0.325 e. The highest BCUT2D eigenvalue weighted by Gasteiger charge is 2.42. The van der Waals surface area contributed by atoms with Gasteiger partial charge in [-0.15, -0.1) is 0 Å². The first-order valence-corrected chi connectivity index (χ1v) is 8.87. The van der Waals surface area contributed by atoms with Crippen molar-refractivity contribution in [2.24, 2.45) is 5.92 Å². The molecule has 24 heavy (non-hydrogen) atoms. The molecule has 0 radical (unpaired) electrons. The number of rotatable bonds is 4. The molecule has 1 saturated heterocycles. The van der Waals surface area contributed by atoms with E-state index in [1.165, 1.54) is 32.2 Å². The second-order valence-electron chi connectivity index (χ2n) is 5.21. The van der Waals surface area contributed by atoms with E-state index in [4.69, 9.17) is 11.6 Å². The molecule has 8 nitrogen and oxygen atoms in total. The second kappa shape index (κ2) is 6.78. The molecule has 1 N–H and O–H groups in total. The molecule has 1 aromatic carbocycles. The third-order valence-corrected chi connectivity index (χ3v) is 5.59. The molecule has 1 aliphatic heterocycles. The summed E-state index contributed by atoms with van der Waals surface area (Å²) in [6.07, 6.45) is 0. The number of hydrogen-bond acceptors (Lipinski definition) is 6. The summed E-state index contributed by atoms with van der Waals surface area (Å²) >= 11 is 6.02. The molecular weight excluding hydrogens is 360 g/mol. The molecule has 10 heteroatoms. The van der Waals surface area contributed by atoms with E-state index < -0.39 is 33.7 Å². The maximum Gasteiger partial charge on any atom is 0.325 e. The minimum Gasteiger partial charge on any atom is -0.468 e. The fraction of sp³-hybridized carbons (Fsp3) is 0.357. The number of nitrogens with one attached hydrogen (secondary N) is 1. The molecule has 0 aliphatic carbocycles. The van der Waals surface area contributed by atoms with Gasteiger partial charge >= 0.3 is 5.97 Å². The molecule has 0 saturated carbocycles. The van der Waals surface area contributed by atoms with Gasteiger partial charge in [-0.25, -0.2) is 12.7 Å². The van der Waals surface area contributed by atoms with Crippen molar-refractivity contribution in [2.75, 3.05) is 23.7 Å². The molecule has 1 aliphatic rings. The predicted octanol–water partition coefficient (Wildman–Crippen LogP) is 0.555. The lowest BCUT2D eigenvalue weighted by molar-refractivity contribution is -0.139. The van der Waals surface area contributed by atoms with Gasteiger partial charge in [0.2, 0.25) is 15.9 Å². The fourth-order valence-corrected chi connectivity index (χ4v) is 4.29. The maximum absolute atomic E-state index is 12.1. The molecular formula is C14H15ClN2O6S. The van der Waals surface area contributed by atoms with Crippen LogP contribution in [0.4, 0.5) is 5.69 Å². The van der Waals surface area contributed by atoms with Crippen LogP contribution in [0.15, 0.2) is 18.2 Å². The van der Waals surface area contributed by atoms with Gasteiger partial charge in [0, 0.05) is 0 Å². The number of carbonyl (C=O) groups excluding carboxylic acids is 3. The van der Waals surface area contributed by atoms with Crippen molar-refractivity contribution in [1.29, 1.82) is 0 Å². The number of hydrogen-bond donors (Lipinski definition) is 1. The molecule has 1 heterocycles. The molecule has 1 unspecified atom stereocenters. The Hall–Kier alpha value is -2.13. The summed E-state index contributed by atoms with van der Waals surface area (Å²) in [4.78, 5) is 35.0. The van der Waals surface area contributed by atoms with Crippen molar-refractivity contribution < 1.29 is 27.5 Å². The summed E-state index contributed by atoms with van der Waals surface area (Å²) in [5.41, 5.74) is 0.111. The first-order chi connectivity index (χ1) is 11.2. The van der Waals surface area contributed by atoms with E-state index in [9.17, 15) is 22.8 Å². The molecule has 130 valence electrons. The quantitative estimate of drug-likeness (QED) is 0.771. The fourth-order valence-electron chi connectivity index (χ4n) is 2.22. The number of methoxy groups -OCH3 is 1. The number of anilines is 1. The summed E-state index contributed by atoms with van der Waals surface area (Å²) in [6.45, 7) is 1.19. The van der Waals surface area contributed by atoms with Crippen LogP contribution >= 0.6 is 11.6 Å². The molecule has 0 bridgehead atoms. The number of benzene rings is 1. The van der Waals surface area contributed by atoms with E-state index in [1.54, 1.807) is 0 Å². The summed E-state index contributed by atoms with van der Waals surface area (Å²) in [6, 6.07) is 3.82. The highest BCUT2D eigenvalue weighted by molar-refractivity contribution is 7.94. The van der Waals surface area contributed by atoms with Gasteiger partial charge in [-0.1, -0.05) is 18.5 Å². The average Bonchev–Trinajstić information content (AvgIpc) is 2.72. The number of halogens is 1. The van der Waals surface area contributed by atoms with Crippen molar-refractivity contribution in [3.63, 3.8) is 0 Å². The largest absolute Gasteiger partial charge is 0.468 e. The van der Waals surface area contributed by atoms with Crippen molar-refractivity contribution in [3.8, 4) is 0 Å². The van der Waals surface area contributed by atoms with Gasteiger partial charge in [0.25, 0.3) is 5.91 Å². The molecule has 2 rings (SSSR count). The normalized spacial score (nSPS) is 19.2. The first-order valence-electron chi connectivity index (χ1n) is 6.88. The second-order valence-corrected chi connectivity index (χ2v) is 7.47. The Bertz CT molecular complexity index is 807. The molecule has 1 aromatic rings. The summed E-state index contributed by atoms with van der Waals surface area (Å²) in [5, 5.41) is 2.27. The van der Waals surface area contributed by atoms with Crippen LogP contribution in [-0.4, -0.2) is 45.6 Å². The number of carbonyl (C=O) groups is 3. The highest BCUT2D eigenvalue weighted by atomic mass is 35.5. The van der Waals surface area contributed by atoms with Crippen molar-refractivity contribution in [1.82, 2.24) is 5.32 Å². The lowest BCUT2D eigenvalue weighted by Gasteiger charge is -2.16. The lowest BCUT2D eigenvalue weighted by atomic mass is 10.1. The summed E-state index contributed by atoms with van der Waals surface area (Å²) < 4.78 is 29.2. The molecule has 0 aromatic heterocycles. The Kier molecular flexibility index (Phi) is 5.14. The van der Waals surface area contributed by atoms with Gasteiger partial charge in [-0.05, 0) is 18.2 Å². The highest BCUT2D eigenvalue weighted by Crippen LogP contribution is 2.31. The molecule has 1 fully saturated rings. The monoisotopic (exact) mass is 374 g/mol. The standard InChI is InChI=1S/C14H15ClN2O6S/c1-8-7-24(21,22)17(14(8)20)9-3-4-10(11(15)5-9)13(19)16-6-12(18)23-2/h3-5,8H,6-7H2,1-2H3,(H,16,19). The van der Waals surface area contributed by atoms with Crippen LogP contribution in [0.1, 0.15) is 17.3 Å². The topological polar surface area (TPSA) is 110 Å². The van der Waals surface area contributed by atoms with E-state index in [0.29, 0.717) is 4.31 Å². The van der Waals surface area contributed by atoms with Gasteiger partial charge in [0.15, 0.2) is 0 Å². The van der Waals surface area contributed by atoms with Crippen LogP contribution in [0.5, 0.6) is 0 Å². The number of amides is 2. The van der Waals surface area contributed by atoms with Crippen LogP contribution in [0.25, 0.3) is 0 Å². The third-order valence-electron chi connectivity index (χ3n) is 3.41. The van der Waals surface area contributed by atoms with Crippen LogP contribution < -0.4 is 9.62 Å². The Morgan fingerprint density at radius 2 is 2.08 bits per heavy atom. The third kappa shape index (κ3) is 3.51. The molecule has 2 amide bonds. The zero-order chi connectivity index (χ0) is 18.1. The van der Waals surface area contributed by atoms with Gasteiger partial charge in [0.1, 0.15) is 6.54 Å². The van der Waals surface area contributed by atoms with E-state index in [0.717, 1.165) is 0 Å². The van der Waals surface area contributed by atoms with Gasteiger partial charge in [0.05, 0.1) is 35.1 Å². The van der Waals surface area contributed by atoms with E-state index in [-0.39, 0.29) is 28.6 Å². The van der Waals surface area contributed by atoms with Gasteiger partial charge in [-0.3, -0.25) is 14.4 Å². The minimum absolute atomic E-state index is 0.0430. The maximum atomic E-state index is 12.1. The van der Waals surface area contributed by atoms with E-state index >= 15 is 0 Å². The molecule has 1 atom stereocenters. The Balaban J connectivity index is 2.26. The van der Waals surface area contributed by atoms with Crippen LogP contribution in [-0.2, 0) is 24.3 Å². The molecule has 0 spiro atoms. The minimum atomic E-state index is -3.75. The Labute approximate surface area is 143 Å². The van der Waals surface area contributed by atoms with Gasteiger partial charge < -0.3 is 10.1 Å². The zero-order valence-corrected chi connectivity index (χ0v) is 14.5. The number of esters is 1. The summed E-state index contributed by atoms with van der Waals surface area (Å²) in [7, 11) is -2.56. The Morgan fingerprint density at radius 3 is 2.58 bits per heavy atom. The van der Waals surface area contributed by atoms with E-state index in [2.05, 4.69) is 10.1 Å². The first kappa shape index (κ1) is 18.2. The van der Waals surface area contributed by atoms with Crippen molar-refractivity contribution >= 4 is 45.1 Å². The van der Waals surface area contributed by atoms with Crippen molar-refractivity contribution in [3.05, 3.63) is 28.8 Å².